The monoisotopic (exact) mass is 236 g/mol. The molecule has 0 amide bonds. The van der Waals surface area contributed by atoms with Crippen LogP contribution in [0.4, 0.5) is 14.5 Å². The molecule has 0 saturated heterocycles. The van der Waals surface area contributed by atoms with Crippen molar-refractivity contribution in [2.24, 2.45) is 5.92 Å². The van der Waals surface area contributed by atoms with Crippen molar-refractivity contribution in [3.05, 3.63) is 29.3 Å². The predicted molar refractivity (Wildman–Crippen MR) is 61.5 cm³/mol. The molecule has 1 saturated carbocycles. The molecule has 2 nitrogen and oxygen atoms in total. The molecule has 1 fully saturated rings. The third kappa shape index (κ3) is 2.73. The van der Waals surface area contributed by atoms with Gasteiger partial charge in [-0.05, 0) is 24.5 Å². The number of hydrogen-bond acceptors (Lipinski definition) is 2. The van der Waals surface area contributed by atoms with E-state index in [0.717, 1.165) is 18.6 Å². The standard InChI is InChI=1S/C13H14F2N2/c14-11-6-10(8-16)7-12(15)13(11)17-5-4-9-2-1-3-9/h6-7,9,17H,1-5H2. The van der Waals surface area contributed by atoms with Gasteiger partial charge >= 0.3 is 0 Å². The fraction of sp³-hybridized carbons (Fsp3) is 0.462. The second kappa shape index (κ2) is 5.13. The molecule has 17 heavy (non-hydrogen) atoms. The molecule has 0 aromatic heterocycles. The maximum atomic E-state index is 13.5. The number of nitrogens with one attached hydrogen (secondary N) is 1. The topological polar surface area (TPSA) is 35.8 Å². The number of nitriles is 1. The second-order valence-electron chi connectivity index (χ2n) is 4.44. The predicted octanol–water partition coefficient (Wildman–Crippen LogP) is 3.44. The first-order chi connectivity index (χ1) is 8.20. The molecule has 0 bridgehead atoms. The van der Waals surface area contributed by atoms with E-state index < -0.39 is 11.6 Å². The van der Waals surface area contributed by atoms with Crippen LogP contribution in [-0.4, -0.2) is 6.54 Å². The smallest absolute Gasteiger partial charge is 0.150 e. The van der Waals surface area contributed by atoms with Gasteiger partial charge in [0.15, 0.2) is 11.6 Å². The van der Waals surface area contributed by atoms with Crippen molar-refractivity contribution < 1.29 is 8.78 Å². The van der Waals surface area contributed by atoms with Crippen molar-refractivity contribution in [1.29, 1.82) is 5.26 Å². The van der Waals surface area contributed by atoms with E-state index in [1.54, 1.807) is 6.07 Å². The summed E-state index contributed by atoms with van der Waals surface area (Å²) in [7, 11) is 0. The molecule has 1 aromatic rings. The summed E-state index contributed by atoms with van der Waals surface area (Å²) < 4.78 is 26.9. The van der Waals surface area contributed by atoms with Crippen LogP contribution in [0.25, 0.3) is 0 Å². The molecule has 1 aromatic carbocycles. The summed E-state index contributed by atoms with van der Waals surface area (Å²) in [5, 5.41) is 11.3. The molecule has 0 spiro atoms. The van der Waals surface area contributed by atoms with Crippen LogP contribution in [0, 0.1) is 28.9 Å². The van der Waals surface area contributed by atoms with Gasteiger partial charge in [-0.3, -0.25) is 0 Å². The SMILES string of the molecule is N#Cc1cc(F)c(NCCC2CCC2)c(F)c1. The molecule has 1 aliphatic carbocycles. The van der Waals surface area contributed by atoms with Crippen molar-refractivity contribution in [3.8, 4) is 6.07 Å². The van der Waals surface area contributed by atoms with E-state index in [1.807, 2.05) is 0 Å². The lowest BCUT2D eigenvalue weighted by Crippen LogP contribution is -2.16. The maximum absolute atomic E-state index is 13.5. The third-order valence-electron chi connectivity index (χ3n) is 3.25. The first-order valence-corrected chi connectivity index (χ1v) is 5.83. The molecule has 90 valence electrons. The van der Waals surface area contributed by atoms with Crippen molar-refractivity contribution in [3.63, 3.8) is 0 Å². The Morgan fingerprint density at radius 1 is 1.29 bits per heavy atom. The fourth-order valence-corrected chi connectivity index (χ4v) is 1.99. The molecule has 1 aliphatic rings. The lowest BCUT2D eigenvalue weighted by molar-refractivity contribution is 0.302. The molecule has 0 aliphatic heterocycles. The average Bonchev–Trinajstić information content (AvgIpc) is 2.24. The van der Waals surface area contributed by atoms with Gasteiger partial charge in [0.2, 0.25) is 0 Å². The van der Waals surface area contributed by atoms with E-state index in [4.69, 9.17) is 5.26 Å². The molecular formula is C13H14F2N2. The molecule has 0 atom stereocenters. The average molecular weight is 236 g/mol. The van der Waals surface area contributed by atoms with Crippen LogP contribution in [-0.2, 0) is 0 Å². The van der Waals surface area contributed by atoms with Gasteiger partial charge in [0.05, 0.1) is 11.6 Å². The highest BCUT2D eigenvalue weighted by atomic mass is 19.1. The lowest BCUT2D eigenvalue weighted by atomic mass is 9.83. The Balaban J connectivity index is 1.97. The van der Waals surface area contributed by atoms with E-state index in [2.05, 4.69) is 5.32 Å². The van der Waals surface area contributed by atoms with E-state index >= 15 is 0 Å². The highest BCUT2D eigenvalue weighted by molar-refractivity contribution is 5.50. The minimum absolute atomic E-state index is 0.00421. The zero-order valence-electron chi connectivity index (χ0n) is 9.47. The first kappa shape index (κ1) is 11.8. The number of anilines is 1. The Kier molecular flexibility index (Phi) is 3.58. The Morgan fingerprint density at radius 3 is 2.41 bits per heavy atom. The number of rotatable bonds is 4. The number of hydrogen-bond donors (Lipinski definition) is 1. The molecule has 0 heterocycles. The van der Waals surface area contributed by atoms with Crippen LogP contribution >= 0.6 is 0 Å². The Bertz CT molecular complexity index is 424. The van der Waals surface area contributed by atoms with E-state index in [-0.39, 0.29) is 11.3 Å². The van der Waals surface area contributed by atoms with Gasteiger partial charge in [-0.2, -0.15) is 5.26 Å². The van der Waals surface area contributed by atoms with Gasteiger partial charge in [-0.15, -0.1) is 0 Å². The van der Waals surface area contributed by atoms with E-state index in [0.29, 0.717) is 12.5 Å². The third-order valence-corrected chi connectivity index (χ3v) is 3.25. The fourth-order valence-electron chi connectivity index (χ4n) is 1.99. The van der Waals surface area contributed by atoms with Crippen LogP contribution in [0.3, 0.4) is 0 Å². The minimum Gasteiger partial charge on any atom is -0.380 e. The van der Waals surface area contributed by atoms with Gasteiger partial charge in [-0.25, -0.2) is 8.78 Å². The van der Waals surface area contributed by atoms with Crippen LogP contribution in [0.5, 0.6) is 0 Å². The van der Waals surface area contributed by atoms with Gasteiger partial charge in [0.1, 0.15) is 5.69 Å². The lowest BCUT2D eigenvalue weighted by Gasteiger charge is -2.25. The highest BCUT2D eigenvalue weighted by Crippen LogP contribution is 2.29. The van der Waals surface area contributed by atoms with Crippen molar-refractivity contribution in [1.82, 2.24) is 0 Å². The van der Waals surface area contributed by atoms with Crippen LogP contribution in [0.15, 0.2) is 12.1 Å². The summed E-state index contributed by atoms with van der Waals surface area (Å²) in [5.74, 6) is -0.697. The zero-order chi connectivity index (χ0) is 12.3. The molecule has 0 radical (unpaired) electrons. The molecule has 0 unspecified atom stereocenters. The van der Waals surface area contributed by atoms with Crippen molar-refractivity contribution in [2.45, 2.75) is 25.7 Å². The summed E-state index contributed by atoms with van der Waals surface area (Å²) >= 11 is 0. The van der Waals surface area contributed by atoms with Gasteiger partial charge < -0.3 is 5.32 Å². The molecule has 1 N–H and O–H groups in total. The quantitative estimate of drug-likeness (QED) is 0.869. The van der Waals surface area contributed by atoms with E-state index in [9.17, 15) is 8.78 Å². The van der Waals surface area contributed by atoms with Gasteiger partial charge in [0.25, 0.3) is 0 Å². The van der Waals surface area contributed by atoms with E-state index in [1.165, 1.54) is 19.3 Å². The Labute approximate surface area is 99.3 Å². The number of benzene rings is 1. The highest BCUT2D eigenvalue weighted by Gasteiger charge is 2.17. The largest absolute Gasteiger partial charge is 0.380 e. The number of halogens is 2. The first-order valence-electron chi connectivity index (χ1n) is 5.83. The Hall–Kier alpha value is -1.63. The Morgan fingerprint density at radius 2 is 1.94 bits per heavy atom. The van der Waals surface area contributed by atoms with Crippen molar-refractivity contribution in [2.75, 3.05) is 11.9 Å². The van der Waals surface area contributed by atoms with Crippen LogP contribution in [0.1, 0.15) is 31.2 Å². The molecular weight excluding hydrogens is 222 g/mol. The molecule has 2 rings (SSSR count). The summed E-state index contributed by atoms with van der Waals surface area (Å²) in [4.78, 5) is 0. The van der Waals surface area contributed by atoms with Crippen LogP contribution < -0.4 is 5.32 Å². The van der Waals surface area contributed by atoms with Crippen molar-refractivity contribution >= 4 is 5.69 Å². The summed E-state index contributed by atoms with van der Waals surface area (Å²) in [6.07, 6.45) is 4.66. The number of nitrogens with zero attached hydrogens (tertiary/aromatic N) is 1. The summed E-state index contributed by atoms with van der Waals surface area (Å²) in [6.45, 7) is 0.574. The molecule has 4 heteroatoms. The second-order valence-corrected chi connectivity index (χ2v) is 4.44. The summed E-state index contributed by atoms with van der Waals surface area (Å²) in [5.41, 5.74) is -0.118. The summed E-state index contributed by atoms with van der Waals surface area (Å²) in [6, 6.07) is 3.82. The maximum Gasteiger partial charge on any atom is 0.150 e. The van der Waals surface area contributed by atoms with Gasteiger partial charge in [0, 0.05) is 6.54 Å². The zero-order valence-corrected chi connectivity index (χ0v) is 9.47. The van der Waals surface area contributed by atoms with Crippen LogP contribution in [0.2, 0.25) is 0 Å². The van der Waals surface area contributed by atoms with Gasteiger partial charge in [-0.1, -0.05) is 19.3 Å². The minimum atomic E-state index is -0.699. The normalized spacial score (nSPS) is 15.1.